The van der Waals surface area contributed by atoms with Gasteiger partial charge in [0.05, 0.1) is 0 Å². The van der Waals surface area contributed by atoms with E-state index in [-0.39, 0.29) is 11.8 Å². The average molecular weight is 368 g/mol. The fourth-order valence-electron chi connectivity index (χ4n) is 3.73. The van der Waals surface area contributed by atoms with Crippen LogP contribution < -0.4 is 5.32 Å². The second kappa shape index (κ2) is 8.13. The van der Waals surface area contributed by atoms with Gasteiger partial charge in [0.1, 0.15) is 0 Å². The molecule has 0 aliphatic carbocycles. The lowest BCUT2D eigenvalue weighted by Gasteiger charge is -2.18. The predicted molar refractivity (Wildman–Crippen MR) is 114 cm³/mol. The number of rotatable bonds is 6. The van der Waals surface area contributed by atoms with E-state index in [1.165, 1.54) is 16.5 Å². The molecule has 1 atom stereocenters. The number of nitrogens with one attached hydrogen (secondary N) is 2. The number of carbonyl (C=O) groups is 1. The largest absolute Gasteiger partial charge is 0.361 e. The van der Waals surface area contributed by atoms with Crippen molar-refractivity contribution in [3.63, 3.8) is 0 Å². The van der Waals surface area contributed by atoms with Crippen molar-refractivity contribution in [2.24, 2.45) is 0 Å². The average Bonchev–Trinajstić information content (AvgIpc) is 3.15. The molecule has 28 heavy (non-hydrogen) atoms. The first-order valence-corrected chi connectivity index (χ1v) is 9.64. The molecule has 0 saturated heterocycles. The molecular formula is C25H24N2O. The van der Waals surface area contributed by atoms with Gasteiger partial charge in [-0.1, -0.05) is 78.4 Å². The van der Waals surface area contributed by atoms with Gasteiger partial charge in [-0.3, -0.25) is 4.79 Å². The Morgan fingerprint density at radius 1 is 0.964 bits per heavy atom. The molecule has 3 nitrogen and oxygen atoms in total. The van der Waals surface area contributed by atoms with Crippen LogP contribution in [0.1, 0.15) is 34.6 Å². The van der Waals surface area contributed by atoms with Gasteiger partial charge in [0.15, 0.2) is 0 Å². The third kappa shape index (κ3) is 3.99. The van der Waals surface area contributed by atoms with Gasteiger partial charge in [0, 0.05) is 36.0 Å². The minimum Gasteiger partial charge on any atom is -0.361 e. The lowest BCUT2D eigenvalue weighted by molar-refractivity contribution is -0.121. The molecule has 4 aromatic rings. The highest BCUT2D eigenvalue weighted by Crippen LogP contribution is 2.33. The molecule has 3 aromatic carbocycles. The fraction of sp³-hybridized carbons (Fsp3) is 0.160. The quantitative estimate of drug-likeness (QED) is 0.476. The molecule has 140 valence electrons. The molecule has 0 radical (unpaired) electrons. The summed E-state index contributed by atoms with van der Waals surface area (Å²) < 4.78 is 0. The normalized spacial score (nSPS) is 12.0. The van der Waals surface area contributed by atoms with Gasteiger partial charge >= 0.3 is 0 Å². The van der Waals surface area contributed by atoms with E-state index in [2.05, 4.69) is 53.6 Å². The maximum absolute atomic E-state index is 12.8. The van der Waals surface area contributed by atoms with Crippen LogP contribution in [-0.4, -0.2) is 10.9 Å². The number of H-pyrrole nitrogens is 1. The van der Waals surface area contributed by atoms with Crippen LogP contribution in [0.3, 0.4) is 0 Å². The van der Waals surface area contributed by atoms with Gasteiger partial charge in [-0.15, -0.1) is 0 Å². The summed E-state index contributed by atoms with van der Waals surface area (Å²) in [7, 11) is 0. The number of para-hydroxylation sites is 1. The molecule has 0 aliphatic rings. The van der Waals surface area contributed by atoms with Gasteiger partial charge in [0.25, 0.3) is 0 Å². The molecule has 1 heterocycles. The molecule has 1 aromatic heterocycles. The van der Waals surface area contributed by atoms with Crippen LogP contribution in [0, 0.1) is 6.92 Å². The first-order valence-electron chi connectivity index (χ1n) is 9.64. The molecule has 2 N–H and O–H groups in total. The summed E-state index contributed by atoms with van der Waals surface area (Å²) in [6.07, 6.45) is 2.46. The number of fused-ring (bicyclic) bond motifs is 1. The number of aryl methyl sites for hydroxylation is 1. The number of amides is 1. The third-order valence-corrected chi connectivity index (χ3v) is 5.16. The van der Waals surface area contributed by atoms with E-state index in [9.17, 15) is 4.79 Å². The van der Waals surface area contributed by atoms with Crippen molar-refractivity contribution in [3.05, 3.63) is 107 Å². The number of hydrogen-bond donors (Lipinski definition) is 2. The molecule has 0 aliphatic heterocycles. The van der Waals surface area contributed by atoms with Gasteiger partial charge in [0.2, 0.25) is 5.91 Å². The maximum Gasteiger partial charge on any atom is 0.221 e. The van der Waals surface area contributed by atoms with E-state index >= 15 is 0 Å². The molecular weight excluding hydrogens is 344 g/mol. The van der Waals surface area contributed by atoms with Crippen molar-refractivity contribution in [2.45, 2.75) is 25.8 Å². The zero-order chi connectivity index (χ0) is 19.3. The Labute approximate surface area is 165 Å². The summed E-state index contributed by atoms with van der Waals surface area (Å²) in [6.45, 7) is 2.64. The summed E-state index contributed by atoms with van der Waals surface area (Å²) in [5.41, 5.74) is 5.73. The lowest BCUT2D eigenvalue weighted by Crippen LogP contribution is -2.25. The second-order valence-corrected chi connectivity index (χ2v) is 7.22. The Bertz CT molecular complexity index is 1080. The molecule has 1 unspecified atom stereocenters. The Kier molecular flexibility index (Phi) is 5.24. The Morgan fingerprint density at radius 3 is 2.57 bits per heavy atom. The number of aromatic amines is 1. The first-order chi connectivity index (χ1) is 13.7. The molecule has 0 saturated carbocycles. The summed E-state index contributed by atoms with van der Waals surface area (Å²) >= 11 is 0. The van der Waals surface area contributed by atoms with Crippen LogP contribution in [0.25, 0.3) is 10.9 Å². The monoisotopic (exact) mass is 368 g/mol. The Balaban J connectivity index is 1.61. The highest BCUT2D eigenvalue weighted by atomic mass is 16.1. The number of aromatic nitrogens is 1. The molecule has 3 heteroatoms. The van der Waals surface area contributed by atoms with Crippen LogP contribution in [0.2, 0.25) is 0 Å². The fourth-order valence-corrected chi connectivity index (χ4v) is 3.73. The van der Waals surface area contributed by atoms with Crippen LogP contribution >= 0.6 is 0 Å². The van der Waals surface area contributed by atoms with E-state index < -0.39 is 0 Å². The summed E-state index contributed by atoms with van der Waals surface area (Å²) in [4.78, 5) is 16.1. The van der Waals surface area contributed by atoms with E-state index in [1.54, 1.807) is 0 Å². The summed E-state index contributed by atoms with van der Waals surface area (Å²) in [5, 5.41) is 4.25. The van der Waals surface area contributed by atoms with E-state index in [1.807, 2.05) is 48.7 Å². The van der Waals surface area contributed by atoms with Gasteiger partial charge < -0.3 is 10.3 Å². The Morgan fingerprint density at radius 2 is 1.75 bits per heavy atom. The summed E-state index contributed by atoms with van der Waals surface area (Å²) in [5.74, 6) is 0.0625. The highest BCUT2D eigenvalue weighted by molar-refractivity contribution is 5.86. The lowest BCUT2D eigenvalue weighted by atomic mass is 9.87. The highest BCUT2D eigenvalue weighted by Gasteiger charge is 2.21. The first kappa shape index (κ1) is 18.1. The molecule has 0 bridgehead atoms. The SMILES string of the molecule is Cc1cccc(C(CC(=O)NCc2ccccc2)c2c[nH]c3ccccc23)c1. The smallest absolute Gasteiger partial charge is 0.221 e. The van der Waals surface area contributed by atoms with Crippen molar-refractivity contribution >= 4 is 16.8 Å². The zero-order valence-electron chi connectivity index (χ0n) is 16.0. The zero-order valence-corrected chi connectivity index (χ0v) is 16.0. The van der Waals surface area contributed by atoms with Crippen LogP contribution in [0.5, 0.6) is 0 Å². The maximum atomic E-state index is 12.8. The van der Waals surface area contributed by atoms with Gasteiger partial charge in [-0.05, 0) is 29.7 Å². The third-order valence-electron chi connectivity index (χ3n) is 5.16. The van der Waals surface area contributed by atoms with E-state index in [4.69, 9.17) is 0 Å². The van der Waals surface area contributed by atoms with Crippen LogP contribution in [0.15, 0.2) is 85.1 Å². The van der Waals surface area contributed by atoms with Crippen molar-refractivity contribution in [2.75, 3.05) is 0 Å². The topological polar surface area (TPSA) is 44.9 Å². The second-order valence-electron chi connectivity index (χ2n) is 7.22. The standard InChI is InChI=1S/C25H24N2O/c1-18-8-7-11-20(14-18)22(23-17-26-24-13-6-5-12-21(23)24)15-25(28)27-16-19-9-3-2-4-10-19/h2-14,17,22,26H,15-16H2,1H3,(H,27,28). The molecule has 0 fully saturated rings. The minimum absolute atomic E-state index is 0.00632. The van der Waals surface area contributed by atoms with Crippen molar-refractivity contribution in [1.82, 2.24) is 10.3 Å². The van der Waals surface area contributed by atoms with Crippen molar-refractivity contribution < 1.29 is 4.79 Å². The van der Waals surface area contributed by atoms with Crippen molar-refractivity contribution in [1.29, 1.82) is 0 Å². The molecule has 1 amide bonds. The predicted octanol–water partition coefficient (Wildman–Crippen LogP) is 5.31. The molecule has 4 rings (SSSR count). The van der Waals surface area contributed by atoms with E-state index in [0.29, 0.717) is 13.0 Å². The van der Waals surface area contributed by atoms with Crippen LogP contribution in [0.4, 0.5) is 0 Å². The van der Waals surface area contributed by atoms with Gasteiger partial charge in [-0.2, -0.15) is 0 Å². The Hall–Kier alpha value is -3.33. The molecule has 0 spiro atoms. The number of hydrogen-bond acceptors (Lipinski definition) is 1. The van der Waals surface area contributed by atoms with Gasteiger partial charge in [-0.25, -0.2) is 0 Å². The summed E-state index contributed by atoms with van der Waals surface area (Å²) in [6, 6.07) is 26.7. The van der Waals surface area contributed by atoms with E-state index in [0.717, 1.165) is 16.6 Å². The van der Waals surface area contributed by atoms with Crippen molar-refractivity contribution in [3.8, 4) is 0 Å². The van der Waals surface area contributed by atoms with Crippen LogP contribution in [-0.2, 0) is 11.3 Å². The number of benzene rings is 3. The minimum atomic E-state index is 0.00632. The number of carbonyl (C=O) groups excluding carboxylic acids is 1.